The van der Waals surface area contributed by atoms with Crippen molar-refractivity contribution in [3.05, 3.63) is 23.8 Å². The average Bonchev–Trinajstić information content (AvgIpc) is 2.14. The second kappa shape index (κ2) is 4.51. The van der Waals surface area contributed by atoms with E-state index in [-0.39, 0.29) is 5.57 Å². The van der Waals surface area contributed by atoms with Gasteiger partial charge in [0.1, 0.15) is 0 Å². The Bertz CT molecular complexity index is 304. The number of allylic oxidation sites excluding steroid dienone is 2. The summed E-state index contributed by atoms with van der Waals surface area (Å²) in [6.07, 6.45) is 1.48. The molecule has 0 radical (unpaired) electrons. The molecule has 15 heavy (non-hydrogen) atoms. The van der Waals surface area contributed by atoms with Crippen LogP contribution in [-0.4, -0.2) is 18.1 Å². The summed E-state index contributed by atoms with van der Waals surface area (Å²) in [5.41, 5.74) is 0.115. The van der Waals surface area contributed by atoms with Gasteiger partial charge in [0, 0.05) is 6.92 Å². The number of amides is 1. The number of alkyl halides is 3. The summed E-state index contributed by atoms with van der Waals surface area (Å²) in [5.74, 6) is -0.683. The van der Waals surface area contributed by atoms with Gasteiger partial charge in [0.05, 0.1) is 0 Å². The number of hydrogen-bond donors (Lipinski definition) is 1. The number of carbonyl (C=O) groups excluding carboxylic acids is 1. The van der Waals surface area contributed by atoms with Gasteiger partial charge >= 0.3 is 6.18 Å². The maximum absolute atomic E-state index is 12.6. The van der Waals surface area contributed by atoms with E-state index in [0.29, 0.717) is 6.42 Å². The maximum Gasteiger partial charge on any atom is 0.412 e. The van der Waals surface area contributed by atoms with E-state index in [2.05, 4.69) is 0 Å². The van der Waals surface area contributed by atoms with E-state index in [9.17, 15) is 18.0 Å². The fourth-order valence-corrected chi connectivity index (χ4v) is 1.41. The molecule has 0 aromatic carbocycles. The van der Waals surface area contributed by atoms with Crippen LogP contribution in [0.4, 0.5) is 13.2 Å². The normalized spacial score (nSPS) is 18.3. The van der Waals surface area contributed by atoms with Crippen molar-refractivity contribution >= 4 is 5.91 Å². The maximum atomic E-state index is 12.6. The lowest BCUT2D eigenvalue weighted by atomic mass is 10.00. The van der Waals surface area contributed by atoms with E-state index >= 15 is 0 Å². The van der Waals surface area contributed by atoms with E-state index in [1.165, 1.54) is 12.2 Å². The molecule has 1 aliphatic rings. The topological polar surface area (TPSA) is 29.1 Å². The van der Waals surface area contributed by atoms with Crippen LogP contribution in [0.3, 0.4) is 0 Å². The molecule has 0 aromatic rings. The minimum absolute atomic E-state index is 0.115. The molecule has 0 bridgehead atoms. The van der Waals surface area contributed by atoms with E-state index in [1.54, 1.807) is 6.08 Å². The second-order valence-electron chi connectivity index (χ2n) is 3.36. The van der Waals surface area contributed by atoms with Crippen LogP contribution < -0.4 is 5.32 Å². The van der Waals surface area contributed by atoms with Crippen molar-refractivity contribution in [3.63, 3.8) is 0 Å². The standard InChI is InChI=1S/C10H12F3NO/c1-7(15)14-9(10(11,12)13)8-5-3-2-4-6-8/h3,5-6,9H,2,4H2,1H3,(H,14,15)/t9-/m1/s1. The summed E-state index contributed by atoms with van der Waals surface area (Å²) < 4.78 is 37.7. The third-order valence-corrected chi connectivity index (χ3v) is 2.03. The van der Waals surface area contributed by atoms with E-state index in [1.807, 2.05) is 5.32 Å². The first-order valence-electron chi connectivity index (χ1n) is 4.61. The Labute approximate surface area is 85.8 Å². The van der Waals surface area contributed by atoms with Crippen LogP contribution >= 0.6 is 0 Å². The molecule has 0 saturated heterocycles. The lowest BCUT2D eigenvalue weighted by molar-refractivity contribution is -0.153. The van der Waals surface area contributed by atoms with Crippen LogP contribution in [0.5, 0.6) is 0 Å². The molecular weight excluding hydrogens is 207 g/mol. The first-order valence-corrected chi connectivity index (χ1v) is 4.61. The van der Waals surface area contributed by atoms with Crippen molar-refractivity contribution < 1.29 is 18.0 Å². The van der Waals surface area contributed by atoms with Gasteiger partial charge in [-0.1, -0.05) is 18.2 Å². The summed E-state index contributed by atoms with van der Waals surface area (Å²) >= 11 is 0. The molecule has 1 aliphatic carbocycles. The second-order valence-corrected chi connectivity index (χ2v) is 3.36. The molecule has 0 aliphatic heterocycles. The van der Waals surface area contributed by atoms with Gasteiger partial charge in [-0.2, -0.15) is 13.2 Å². The highest BCUT2D eigenvalue weighted by Crippen LogP contribution is 2.28. The summed E-state index contributed by atoms with van der Waals surface area (Å²) in [6.45, 7) is 1.08. The summed E-state index contributed by atoms with van der Waals surface area (Å²) in [7, 11) is 0. The highest BCUT2D eigenvalue weighted by Gasteiger charge is 2.42. The van der Waals surface area contributed by atoms with Gasteiger partial charge in [0.15, 0.2) is 6.04 Å². The quantitative estimate of drug-likeness (QED) is 0.758. The molecule has 84 valence electrons. The van der Waals surface area contributed by atoms with Gasteiger partial charge in [0.2, 0.25) is 5.91 Å². The van der Waals surface area contributed by atoms with Crippen LogP contribution in [-0.2, 0) is 4.79 Å². The predicted octanol–water partition coefficient (Wildman–Crippen LogP) is 2.33. The zero-order valence-electron chi connectivity index (χ0n) is 8.27. The largest absolute Gasteiger partial charge is 0.412 e. The molecule has 2 nitrogen and oxygen atoms in total. The number of carbonyl (C=O) groups is 1. The first kappa shape index (κ1) is 11.8. The van der Waals surface area contributed by atoms with Crippen LogP contribution in [0.15, 0.2) is 23.8 Å². The Balaban J connectivity index is 2.85. The van der Waals surface area contributed by atoms with Gasteiger partial charge in [0.25, 0.3) is 0 Å². The lowest BCUT2D eigenvalue weighted by Gasteiger charge is -2.23. The summed E-state index contributed by atoms with van der Waals surface area (Å²) in [5, 5.41) is 1.91. The van der Waals surface area contributed by atoms with Gasteiger partial charge in [-0.25, -0.2) is 0 Å². The number of halogens is 3. The van der Waals surface area contributed by atoms with Gasteiger partial charge in [-0.15, -0.1) is 0 Å². The van der Waals surface area contributed by atoms with Gasteiger partial charge in [-0.05, 0) is 18.4 Å². The third-order valence-electron chi connectivity index (χ3n) is 2.03. The monoisotopic (exact) mass is 219 g/mol. The van der Waals surface area contributed by atoms with Crippen LogP contribution in [0.25, 0.3) is 0 Å². The summed E-state index contributed by atoms with van der Waals surface area (Å²) in [4.78, 5) is 10.7. The van der Waals surface area contributed by atoms with Gasteiger partial charge < -0.3 is 5.32 Å². The third kappa shape index (κ3) is 3.42. The molecule has 0 fully saturated rings. The van der Waals surface area contributed by atoms with Gasteiger partial charge in [-0.3, -0.25) is 4.79 Å². The zero-order valence-corrected chi connectivity index (χ0v) is 8.27. The van der Waals surface area contributed by atoms with Crippen LogP contribution in [0.2, 0.25) is 0 Å². The number of hydrogen-bond acceptors (Lipinski definition) is 1. The minimum atomic E-state index is -4.45. The zero-order chi connectivity index (χ0) is 11.5. The SMILES string of the molecule is CC(=O)N[C@H](C1=CCCC=C1)C(F)(F)F. The Kier molecular flexibility index (Phi) is 3.55. The van der Waals surface area contributed by atoms with Crippen molar-refractivity contribution in [2.24, 2.45) is 0 Å². The number of nitrogens with one attached hydrogen (secondary N) is 1. The average molecular weight is 219 g/mol. The molecule has 1 rings (SSSR count). The molecule has 0 saturated carbocycles. The molecule has 1 amide bonds. The van der Waals surface area contributed by atoms with Crippen molar-refractivity contribution in [1.82, 2.24) is 5.32 Å². The van der Waals surface area contributed by atoms with Crippen molar-refractivity contribution in [2.75, 3.05) is 0 Å². The minimum Gasteiger partial charge on any atom is -0.341 e. The molecule has 0 unspecified atom stereocenters. The van der Waals surface area contributed by atoms with E-state index in [0.717, 1.165) is 13.3 Å². The fourth-order valence-electron chi connectivity index (χ4n) is 1.41. The highest BCUT2D eigenvalue weighted by atomic mass is 19.4. The van der Waals surface area contributed by atoms with Crippen molar-refractivity contribution in [2.45, 2.75) is 32.0 Å². The van der Waals surface area contributed by atoms with E-state index in [4.69, 9.17) is 0 Å². The molecule has 5 heteroatoms. The molecule has 1 N–H and O–H groups in total. The Hall–Kier alpha value is -1.26. The Morgan fingerprint density at radius 1 is 1.47 bits per heavy atom. The Morgan fingerprint density at radius 3 is 2.53 bits per heavy atom. The molecule has 1 atom stereocenters. The number of rotatable bonds is 2. The highest BCUT2D eigenvalue weighted by molar-refractivity contribution is 5.74. The first-order chi connectivity index (χ1) is 6.91. The molecule has 0 aromatic heterocycles. The molecule has 0 spiro atoms. The molecule has 0 heterocycles. The van der Waals surface area contributed by atoms with Crippen LogP contribution in [0, 0.1) is 0 Å². The summed E-state index contributed by atoms with van der Waals surface area (Å²) in [6, 6.07) is -1.88. The van der Waals surface area contributed by atoms with Crippen molar-refractivity contribution in [3.8, 4) is 0 Å². The molecular formula is C10H12F3NO. The van der Waals surface area contributed by atoms with Crippen molar-refractivity contribution in [1.29, 1.82) is 0 Å². The Morgan fingerprint density at radius 2 is 2.13 bits per heavy atom. The van der Waals surface area contributed by atoms with E-state index < -0.39 is 18.1 Å². The smallest absolute Gasteiger partial charge is 0.341 e. The van der Waals surface area contributed by atoms with Crippen LogP contribution in [0.1, 0.15) is 19.8 Å². The fraction of sp³-hybridized carbons (Fsp3) is 0.500. The predicted molar refractivity (Wildman–Crippen MR) is 50.1 cm³/mol. The lowest BCUT2D eigenvalue weighted by Crippen LogP contribution is -2.45.